The SMILES string of the molecule is O=C(Cc1ccccc1[N+](=O)[O-])NCCCCCc1nc(-c2cccs2)no1. The summed E-state index contributed by atoms with van der Waals surface area (Å²) in [4.78, 5) is 27.9. The lowest BCUT2D eigenvalue weighted by atomic mass is 10.1. The molecular weight excluding hydrogens is 380 g/mol. The number of aryl methyl sites for hydroxylation is 1. The van der Waals surface area contributed by atoms with Gasteiger partial charge in [-0.3, -0.25) is 14.9 Å². The van der Waals surface area contributed by atoms with Crippen molar-refractivity contribution in [1.29, 1.82) is 0 Å². The van der Waals surface area contributed by atoms with E-state index in [9.17, 15) is 14.9 Å². The van der Waals surface area contributed by atoms with Gasteiger partial charge >= 0.3 is 0 Å². The molecule has 2 aromatic heterocycles. The maximum atomic E-state index is 12.0. The number of para-hydroxylation sites is 1. The summed E-state index contributed by atoms with van der Waals surface area (Å²) in [5, 5.41) is 19.7. The summed E-state index contributed by atoms with van der Waals surface area (Å²) in [6.07, 6.45) is 3.30. The smallest absolute Gasteiger partial charge is 0.273 e. The Morgan fingerprint density at radius 2 is 2.04 bits per heavy atom. The second kappa shape index (κ2) is 9.75. The molecule has 1 N–H and O–H groups in total. The molecule has 1 aromatic carbocycles. The number of hydrogen-bond donors (Lipinski definition) is 1. The molecule has 146 valence electrons. The van der Waals surface area contributed by atoms with Crippen molar-refractivity contribution in [3.8, 4) is 10.7 Å². The number of carbonyl (C=O) groups excluding carboxylic acids is 1. The highest BCUT2D eigenvalue weighted by Gasteiger charge is 2.15. The van der Waals surface area contributed by atoms with E-state index < -0.39 is 4.92 Å². The molecule has 2 heterocycles. The fourth-order valence-corrected chi connectivity index (χ4v) is 3.39. The summed E-state index contributed by atoms with van der Waals surface area (Å²) in [5.74, 6) is 1.02. The van der Waals surface area contributed by atoms with Crippen molar-refractivity contribution in [1.82, 2.24) is 15.5 Å². The number of nitro groups is 1. The van der Waals surface area contributed by atoms with Crippen LogP contribution in [0, 0.1) is 10.1 Å². The highest BCUT2D eigenvalue weighted by Crippen LogP contribution is 2.21. The Bertz CT molecular complexity index is 924. The third kappa shape index (κ3) is 5.46. The van der Waals surface area contributed by atoms with Crippen LogP contribution in [-0.4, -0.2) is 27.5 Å². The van der Waals surface area contributed by atoms with E-state index in [0.717, 1.165) is 24.1 Å². The maximum Gasteiger partial charge on any atom is 0.273 e. The summed E-state index contributed by atoms with van der Waals surface area (Å²) in [6, 6.07) is 10.2. The Morgan fingerprint density at radius 3 is 2.82 bits per heavy atom. The number of rotatable bonds is 10. The van der Waals surface area contributed by atoms with E-state index in [1.165, 1.54) is 6.07 Å². The Balaban J connectivity index is 1.33. The van der Waals surface area contributed by atoms with Crippen molar-refractivity contribution >= 4 is 22.9 Å². The summed E-state index contributed by atoms with van der Waals surface area (Å²) in [7, 11) is 0. The van der Waals surface area contributed by atoms with Crippen LogP contribution in [0.3, 0.4) is 0 Å². The van der Waals surface area contributed by atoms with Crippen molar-refractivity contribution in [3.63, 3.8) is 0 Å². The van der Waals surface area contributed by atoms with Gasteiger partial charge in [0.05, 0.1) is 16.2 Å². The van der Waals surface area contributed by atoms with Crippen LogP contribution in [0.15, 0.2) is 46.3 Å². The number of thiophene rings is 1. The number of amides is 1. The Kier molecular flexibility index (Phi) is 6.85. The van der Waals surface area contributed by atoms with Gasteiger partial charge in [-0.15, -0.1) is 11.3 Å². The molecule has 0 aliphatic carbocycles. The Hall–Kier alpha value is -3.07. The first kappa shape index (κ1) is 19.7. The molecule has 1 amide bonds. The molecule has 0 radical (unpaired) electrons. The van der Waals surface area contributed by atoms with Gasteiger partial charge in [0.2, 0.25) is 17.6 Å². The lowest BCUT2D eigenvalue weighted by Crippen LogP contribution is -2.26. The number of nitro benzene ring substituents is 1. The zero-order valence-corrected chi connectivity index (χ0v) is 16.0. The molecule has 28 heavy (non-hydrogen) atoms. The summed E-state index contributed by atoms with van der Waals surface area (Å²) in [6.45, 7) is 0.531. The number of benzene rings is 1. The zero-order valence-electron chi connectivity index (χ0n) is 15.2. The first-order valence-corrected chi connectivity index (χ1v) is 9.87. The third-order valence-electron chi connectivity index (χ3n) is 4.14. The first-order valence-electron chi connectivity index (χ1n) is 8.99. The molecule has 3 aromatic rings. The fourth-order valence-electron chi connectivity index (χ4n) is 2.74. The minimum atomic E-state index is -0.468. The topological polar surface area (TPSA) is 111 Å². The lowest BCUT2D eigenvalue weighted by Gasteiger charge is -2.05. The van der Waals surface area contributed by atoms with Gasteiger partial charge in [-0.25, -0.2) is 0 Å². The predicted octanol–water partition coefficient (Wildman–Crippen LogP) is 3.78. The van der Waals surface area contributed by atoms with E-state index in [2.05, 4.69) is 15.5 Å². The monoisotopic (exact) mass is 400 g/mol. The number of hydrogen-bond acceptors (Lipinski definition) is 7. The normalized spacial score (nSPS) is 10.7. The van der Waals surface area contributed by atoms with E-state index in [4.69, 9.17) is 4.52 Å². The minimum Gasteiger partial charge on any atom is -0.356 e. The molecule has 8 nitrogen and oxygen atoms in total. The van der Waals surface area contributed by atoms with Crippen LogP contribution in [0.2, 0.25) is 0 Å². The maximum absolute atomic E-state index is 12.0. The van der Waals surface area contributed by atoms with Crippen molar-refractivity contribution < 1.29 is 14.2 Å². The van der Waals surface area contributed by atoms with Crippen molar-refractivity contribution in [2.45, 2.75) is 32.1 Å². The van der Waals surface area contributed by atoms with E-state index in [1.807, 2.05) is 17.5 Å². The summed E-state index contributed by atoms with van der Waals surface area (Å²) >= 11 is 1.57. The molecule has 0 saturated carbocycles. The average Bonchev–Trinajstić information content (AvgIpc) is 3.36. The standard InChI is InChI=1S/C19H20N4O4S/c24-17(13-14-7-3-4-8-15(14)23(25)26)20-11-5-1-2-10-18-21-19(22-27-18)16-9-6-12-28-16/h3-4,6-9,12H,1-2,5,10-11,13H2,(H,20,24). The van der Waals surface area contributed by atoms with Crippen LogP contribution >= 0.6 is 11.3 Å². The number of aromatic nitrogens is 2. The Labute approximate surface area is 165 Å². The predicted molar refractivity (Wildman–Crippen MR) is 105 cm³/mol. The van der Waals surface area contributed by atoms with E-state index in [0.29, 0.717) is 30.2 Å². The quantitative estimate of drug-likeness (QED) is 0.315. The number of nitrogens with one attached hydrogen (secondary N) is 1. The number of unbranched alkanes of at least 4 members (excludes halogenated alkanes) is 2. The molecule has 0 aliphatic heterocycles. The molecule has 3 rings (SSSR count). The van der Waals surface area contributed by atoms with Gasteiger partial charge in [0.15, 0.2) is 0 Å². The van der Waals surface area contributed by atoms with E-state index in [1.54, 1.807) is 29.5 Å². The van der Waals surface area contributed by atoms with Gasteiger partial charge in [0.1, 0.15) is 0 Å². The fraction of sp³-hybridized carbons (Fsp3) is 0.316. The highest BCUT2D eigenvalue weighted by molar-refractivity contribution is 7.13. The van der Waals surface area contributed by atoms with Crippen LogP contribution in [0.5, 0.6) is 0 Å². The number of carbonyl (C=O) groups is 1. The second-order valence-corrected chi connectivity index (χ2v) is 7.16. The van der Waals surface area contributed by atoms with Crippen LogP contribution in [-0.2, 0) is 17.6 Å². The van der Waals surface area contributed by atoms with Crippen LogP contribution < -0.4 is 5.32 Å². The van der Waals surface area contributed by atoms with Gasteiger partial charge in [0, 0.05) is 24.6 Å². The van der Waals surface area contributed by atoms with Crippen molar-refractivity contribution in [2.24, 2.45) is 0 Å². The van der Waals surface area contributed by atoms with Gasteiger partial charge in [-0.1, -0.05) is 35.8 Å². The molecule has 9 heteroatoms. The molecule has 0 atom stereocenters. The lowest BCUT2D eigenvalue weighted by molar-refractivity contribution is -0.385. The molecule has 0 unspecified atom stereocenters. The van der Waals surface area contributed by atoms with Crippen molar-refractivity contribution in [3.05, 3.63) is 63.3 Å². The molecule has 0 saturated heterocycles. The Morgan fingerprint density at radius 1 is 1.18 bits per heavy atom. The van der Waals surface area contributed by atoms with Crippen LogP contribution in [0.25, 0.3) is 10.7 Å². The molecular formula is C19H20N4O4S. The van der Waals surface area contributed by atoms with Gasteiger partial charge in [-0.05, 0) is 24.3 Å². The largest absolute Gasteiger partial charge is 0.356 e. The van der Waals surface area contributed by atoms with Crippen molar-refractivity contribution in [2.75, 3.05) is 6.54 Å². The molecule has 0 aliphatic rings. The second-order valence-electron chi connectivity index (χ2n) is 6.21. The molecule has 0 fully saturated rings. The van der Waals surface area contributed by atoms with Gasteiger partial charge < -0.3 is 9.84 Å². The minimum absolute atomic E-state index is 0.00460. The average molecular weight is 400 g/mol. The zero-order chi connectivity index (χ0) is 19.8. The van der Waals surface area contributed by atoms with Crippen LogP contribution in [0.4, 0.5) is 5.69 Å². The van der Waals surface area contributed by atoms with Crippen LogP contribution in [0.1, 0.15) is 30.7 Å². The van der Waals surface area contributed by atoms with Gasteiger partial charge in [0.25, 0.3) is 5.69 Å². The molecule has 0 bridgehead atoms. The number of nitrogens with zero attached hydrogens (tertiary/aromatic N) is 3. The first-order chi connectivity index (χ1) is 13.6. The highest BCUT2D eigenvalue weighted by atomic mass is 32.1. The van der Waals surface area contributed by atoms with E-state index in [-0.39, 0.29) is 18.0 Å². The van der Waals surface area contributed by atoms with E-state index >= 15 is 0 Å². The van der Waals surface area contributed by atoms with Gasteiger partial charge in [-0.2, -0.15) is 4.98 Å². The third-order valence-corrected chi connectivity index (χ3v) is 5.00. The summed E-state index contributed by atoms with van der Waals surface area (Å²) in [5.41, 5.74) is 0.391. The molecule has 0 spiro atoms. The summed E-state index contributed by atoms with van der Waals surface area (Å²) < 4.78 is 5.25.